The first-order valence-corrected chi connectivity index (χ1v) is 5.83. The van der Waals surface area contributed by atoms with E-state index in [1.807, 2.05) is 18.5 Å². The van der Waals surface area contributed by atoms with Gasteiger partial charge >= 0.3 is 0 Å². The molecule has 1 rings (SSSR count). The summed E-state index contributed by atoms with van der Waals surface area (Å²) in [6.07, 6.45) is 1.25. The summed E-state index contributed by atoms with van der Waals surface area (Å²) >= 11 is 0. The van der Waals surface area contributed by atoms with Crippen molar-refractivity contribution in [2.24, 2.45) is 5.73 Å². The summed E-state index contributed by atoms with van der Waals surface area (Å²) < 4.78 is 1.84. The van der Waals surface area contributed by atoms with E-state index in [4.69, 9.17) is 11.5 Å². The number of rotatable bonds is 6. The molecule has 1 aromatic rings. The van der Waals surface area contributed by atoms with Crippen LogP contribution in [-0.2, 0) is 11.3 Å². The topological polar surface area (TPSA) is 99.0 Å². The lowest BCUT2D eigenvalue weighted by atomic mass is 10.2. The van der Waals surface area contributed by atoms with Gasteiger partial charge in [0.25, 0.3) is 0 Å². The average Bonchev–Trinajstić information content (AvgIpc) is 2.45. The predicted molar refractivity (Wildman–Crippen MR) is 68.6 cm³/mol. The minimum Gasteiger partial charge on any atom is -0.394 e. The van der Waals surface area contributed by atoms with Gasteiger partial charge in [0.05, 0.1) is 11.4 Å². The summed E-state index contributed by atoms with van der Waals surface area (Å²) in [5.74, 6) is 0.444. The van der Waals surface area contributed by atoms with Gasteiger partial charge < -0.3 is 16.8 Å². The lowest BCUT2D eigenvalue weighted by molar-refractivity contribution is -0.118. The summed E-state index contributed by atoms with van der Waals surface area (Å²) in [5.41, 5.74) is 12.5. The van der Waals surface area contributed by atoms with Crippen LogP contribution in [0.1, 0.15) is 32.4 Å². The molecule has 0 saturated carbocycles. The molecule has 0 aliphatic heterocycles. The van der Waals surface area contributed by atoms with E-state index in [0.717, 1.165) is 24.5 Å². The zero-order chi connectivity index (χ0) is 13.0. The fraction of sp³-hybridized carbons (Fsp3) is 0.636. The fourth-order valence-electron chi connectivity index (χ4n) is 1.71. The van der Waals surface area contributed by atoms with Crippen LogP contribution < -0.4 is 16.8 Å². The van der Waals surface area contributed by atoms with Crippen molar-refractivity contribution < 1.29 is 4.79 Å². The second-order valence-electron chi connectivity index (χ2n) is 4.29. The highest BCUT2D eigenvalue weighted by molar-refractivity contribution is 5.75. The Hall–Kier alpha value is -1.72. The molecule has 1 unspecified atom stereocenters. The summed E-state index contributed by atoms with van der Waals surface area (Å²) in [7, 11) is 0. The molecule has 0 saturated heterocycles. The van der Waals surface area contributed by atoms with Crippen LogP contribution in [0.2, 0.25) is 0 Å². The summed E-state index contributed by atoms with van der Waals surface area (Å²) in [4.78, 5) is 10.8. The molecule has 96 valence electrons. The van der Waals surface area contributed by atoms with Crippen molar-refractivity contribution in [1.29, 1.82) is 0 Å². The number of hydrogen-bond donors (Lipinski definition) is 3. The summed E-state index contributed by atoms with van der Waals surface area (Å²) in [6.45, 7) is 6.63. The van der Waals surface area contributed by atoms with Gasteiger partial charge in [-0.2, -0.15) is 5.10 Å². The molecule has 17 heavy (non-hydrogen) atoms. The highest BCUT2D eigenvalue weighted by Crippen LogP contribution is 2.23. The third-order valence-corrected chi connectivity index (χ3v) is 2.50. The molecule has 1 atom stereocenters. The van der Waals surface area contributed by atoms with Crippen molar-refractivity contribution in [3.63, 3.8) is 0 Å². The molecule has 6 nitrogen and oxygen atoms in total. The van der Waals surface area contributed by atoms with Crippen LogP contribution in [0.5, 0.6) is 0 Å². The van der Waals surface area contributed by atoms with Crippen molar-refractivity contribution in [1.82, 2.24) is 9.78 Å². The van der Waals surface area contributed by atoms with Gasteiger partial charge in [-0.3, -0.25) is 4.79 Å². The van der Waals surface area contributed by atoms with E-state index in [-0.39, 0.29) is 18.4 Å². The Bertz CT molecular complexity index is 399. The molecule has 5 N–H and O–H groups in total. The van der Waals surface area contributed by atoms with Crippen molar-refractivity contribution >= 4 is 17.4 Å². The molecule has 0 radical (unpaired) electrons. The van der Waals surface area contributed by atoms with Crippen LogP contribution in [0.15, 0.2) is 0 Å². The Morgan fingerprint density at radius 2 is 2.24 bits per heavy atom. The normalized spacial score (nSPS) is 12.4. The van der Waals surface area contributed by atoms with Gasteiger partial charge in [0.2, 0.25) is 5.91 Å². The Morgan fingerprint density at radius 1 is 1.59 bits per heavy atom. The molecule has 1 amide bonds. The predicted octanol–water partition coefficient (Wildman–Crippen LogP) is 0.860. The van der Waals surface area contributed by atoms with E-state index < -0.39 is 0 Å². The van der Waals surface area contributed by atoms with Gasteiger partial charge in [0, 0.05) is 19.0 Å². The number of nitrogens with one attached hydrogen (secondary N) is 1. The van der Waals surface area contributed by atoms with Gasteiger partial charge in [-0.25, -0.2) is 4.68 Å². The highest BCUT2D eigenvalue weighted by atomic mass is 16.1. The minimum atomic E-state index is -0.332. The van der Waals surface area contributed by atoms with Crippen LogP contribution in [0.25, 0.3) is 0 Å². The second kappa shape index (κ2) is 5.56. The van der Waals surface area contributed by atoms with Crippen molar-refractivity contribution in [2.75, 3.05) is 11.1 Å². The van der Waals surface area contributed by atoms with Crippen LogP contribution in [0.4, 0.5) is 11.5 Å². The molecule has 1 aromatic heterocycles. The zero-order valence-electron chi connectivity index (χ0n) is 10.7. The molecular weight excluding hydrogens is 218 g/mol. The first kappa shape index (κ1) is 13.3. The number of aromatic nitrogens is 2. The van der Waals surface area contributed by atoms with Crippen LogP contribution in [-0.4, -0.2) is 21.7 Å². The first-order chi connectivity index (χ1) is 7.95. The number of nitrogen functional groups attached to an aromatic ring is 1. The first-order valence-electron chi connectivity index (χ1n) is 5.83. The number of anilines is 2. The number of nitrogens with two attached hydrogens (primary N) is 2. The monoisotopic (exact) mass is 239 g/mol. The quantitative estimate of drug-likeness (QED) is 0.685. The number of hydrogen-bond acceptors (Lipinski definition) is 4. The maximum absolute atomic E-state index is 10.8. The number of nitrogens with zero attached hydrogens (tertiary/aromatic N) is 2. The number of carbonyl (C=O) groups is 1. The highest BCUT2D eigenvalue weighted by Gasteiger charge is 2.15. The molecule has 0 aliphatic rings. The number of primary amides is 1. The number of aryl methyl sites for hydroxylation is 2. The summed E-state index contributed by atoms with van der Waals surface area (Å²) in [6, 6.07) is -0.0542. The smallest absolute Gasteiger partial charge is 0.219 e. The molecule has 0 aromatic carbocycles. The van der Waals surface area contributed by atoms with Gasteiger partial charge in [0.15, 0.2) is 0 Å². The van der Waals surface area contributed by atoms with Crippen molar-refractivity contribution in [3.05, 3.63) is 5.69 Å². The molecule has 0 aliphatic carbocycles. The van der Waals surface area contributed by atoms with Crippen molar-refractivity contribution in [2.45, 2.75) is 46.2 Å². The third kappa shape index (κ3) is 3.37. The molecule has 0 spiro atoms. The molecule has 0 bridgehead atoms. The van der Waals surface area contributed by atoms with Gasteiger partial charge in [-0.15, -0.1) is 0 Å². The lowest BCUT2D eigenvalue weighted by Gasteiger charge is -2.15. The third-order valence-electron chi connectivity index (χ3n) is 2.50. The van der Waals surface area contributed by atoms with Crippen molar-refractivity contribution in [3.8, 4) is 0 Å². The van der Waals surface area contributed by atoms with E-state index in [0.29, 0.717) is 5.69 Å². The average molecular weight is 239 g/mol. The molecule has 1 heterocycles. The standard InChI is InChI=1S/C11H21N5O/c1-4-5-16-11(10(13)8(3)15-16)14-7(2)6-9(12)17/h7,14H,4-6,13H2,1-3H3,(H2,12,17). The second-order valence-corrected chi connectivity index (χ2v) is 4.29. The molecule has 6 heteroatoms. The summed E-state index contributed by atoms with van der Waals surface area (Å²) in [5, 5.41) is 7.54. The van der Waals surface area contributed by atoms with Crippen LogP contribution >= 0.6 is 0 Å². The zero-order valence-corrected chi connectivity index (χ0v) is 10.7. The molecule has 0 fully saturated rings. The lowest BCUT2D eigenvalue weighted by Crippen LogP contribution is -2.25. The number of amides is 1. The van der Waals surface area contributed by atoms with Crippen LogP contribution in [0.3, 0.4) is 0 Å². The Balaban J connectivity index is 2.84. The van der Waals surface area contributed by atoms with Gasteiger partial charge in [-0.05, 0) is 20.3 Å². The maximum atomic E-state index is 10.8. The Morgan fingerprint density at radius 3 is 2.76 bits per heavy atom. The van der Waals surface area contributed by atoms with E-state index in [1.165, 1.54) is 0 Å². The largest absolute Gasteiger partial charge is 0.394 e. The Labute approximate surface area is 101 Å². The van der Waals surface area contributed by atoms with Gasteiger partial charge in [0.1, 0.15) is 5.82 Å². The SMILES string of the molecule is CCCn1nc(C)c(N)c1NC(C)CC(N)=O. The maximum Gasteiger partial charge on any atom is 0.219 e. The van der Waals surface area contributed by atoms with E-state index in [9.17, 15) is 4.79 Å². The number of carbonyl (C=O) groups excluding carboxylic acids is 1. The van der Waals surface area contributed by atoms with E-state index in [1.54, 1.807) is 0 Å². The fourth-order valence-corrected chi connectivity index (χ4v) is 1.71. The van der Waals surface area contributed by atoms with E-state index >= 15 is 0 Å². The Kier molecular flexibility index (Phi) is 4.37. The van der Waals surface area contributed by atoms with E-state index in [2.05, 4.69) is 17.3 Å². The van der Waals surface area contributed by atoms with Gasteiger partial charge in [-0.1, -0.05) is 6.92 Å². The molecular formula is C11H21N5O. The van der Waals surface area contributed by atoms with Crippen LogP contribution in [0, 0.1) is 6.92 Å². The minimum absolute atomic E-state index is 0.0542.